The summed E-state index contributed by atoms with van der Waals surface area (Å²) in [7, 11) is 0. The summed E-state index contributed by atoms with van der Waals surface area (Å²) in [5.41, 5.74) is -4.53. The molecule has 1 rings (SSSR count). The molecule has 1 fully saturated rings. The monoisotopic (exact) mass is 209 g/mol. The first-order valence-electron chi connectivity index (χ1n) is 2.75. The Balaban J connectivity index is 2.99. The first kappa shape index (κ1) is 9.93. The molecule has 3 nitrogen and oxygen atoms in total. The molecule has 1 aliphatic rings. The average Bonchev–Trinajstić information content (AvgIpc) is 1.74. The van der Waals surface area contributed by atoms with E-state index >= 15 is 0 Å². The van der Waals surface area contributed by atoms with E-state index in [0.29, 0.717) is 5.32 Å². The Hall–Kier alpha value is -1.15. The maximum Gasteiger partial charge on any atom is 0.458 e. The van der Waals surface area contributed by atoms with Gasteiger partial charge in [0.05, 0.1) is 0 Å². The first-order valence-corrected chi connectivity index (χ1v) is 2.75. The number of rotatable bonds is 0. The average molecular weight is 209 g/mol. The number of halogens is 6. The van der Waals surface area contributed by atoms with Crippen molar-refractivity contribution in [2.45, 2.75) is 18.1 Å². The third kappa shape index (κ3) is 1.18. The third-order valence-electron chi connectivity index (χ3n) is 1.32. The molecule has 0 unspecified atom stereocenters. The summed E-state index contributed by atoms with van der Waals surface area (Å²) in [5, 5.41) is 0.625. The molecule has 76 valence electrons. The molecule has 1 aliphatic heterocycles. The Morgan fingerprint density at radius 2 is 1.38 bits per heavy atom. The van der Waals surface area contributed by atoms with Gasteiger partial charge >= 0.3 is 24.2 Å². The van der Waals surface area contributed by atoms with Crippen LogP contribution in [0.4, 0.5) is 31.1 Å². The summed E-state index contributed by atoms with van der Waals surface area (Å²) in [6, 6.07) is 0. The fourth-order valence-electron chi connectivity index (χ4n) is 0.706. The largest absolute Gasteiger partial charge is 0.458 e. The van der Waals surface area contributed by atoms with Crippen LogP contribution in [0, 0.1) is 0 Å². The molecular formula is C4HF6NO2. The van der Waals surface area contributed by atoms with Gasteiger partial charge < -0.3 is 4.74 Å². The standard InChI is InChI=1S/C4HF6NO2/c5-3(6,7)2(4(8,9)10)11-1(12)13-2/h(H,11,12). The van der Waals surface area contributed by atoms with Gasteiger partial charge in [-0.1, -0.05) is 0 Å². The second-order valence-electron chi connectivity index (χ2n) is 2.19. The van der Waals surface area contributed by atoms with Gasteiger partial charge in [0.15, 0.2) is 0 Å². The van der Waals surface area contributed by atoms with E-state index in [2.05, 4.69) is 4.74 Å². The van der Waals surface area contributed by atoms with Crippen LogP contribution in [-0.2, 0) is 4.74 Å². The number of amides is 1. The molecule has 0 radical (unpaired) electrons. The van der Waals surface area contributed by atoms with Crippen LogP contribution in [0.2, 0.25) is 0 Å². The third-order valence-corrected chi connectivity index (χ3v) is 1.32. The molecule has 0 atom stereocenters. The lowest BCUT2D eigenvalue weighted by Crippen LogP contribution is -2.77. The number of alkyl halides is 6. The molecular weight excluding hydrogens is 208 g/mol. The summed E-state index contributed by atoms with van der Waals surface area (Å²) >= 11 is 0. The zero-order valence-corrected chi connectivity index (χ0v) is 5.58. The molecule has 0 aromatic carbocycles. The zero-order chi connectivity index (χ0) is 10.5. The van der Waals surface area contributed by atoms with E-state index in [9.17, 15) is 31.1 Å². The van der Waals surface area contributed by atoms with Crippen molar-refractivity contribution in [3.63, 3.8) is 0 Å². The molecule has 0 aromatic rings. The normalized spacial score (nSPS) is 21.5. The summed E-state index contributed by atoms with van der Waals surface area (Å²) in [5.74, 6) is 0. The minimum Gasteiger partial charge on any atom is -0.404 e. The van der Waals surface area contributed by atoms with Gasteiger partial charge in [-0.2, -0.15) is 26.3 Å². The van der Waals surface area contributed by atoms with Gasteiger partial charge in [0.2, 0.25) is 0 Å². The van der Waals surface area contributed by atoms with Gasteiger partial charge in [-0.15, -0.1) is 0 Å². The quantitative estimate of drug-likeness (QED) is 0.614. The fraction of sp³-hybridized carbons (Fsp3) is 0.750. The van der Waals surface area contributed by atoms with E-state index in [1.165, 1.54) is 0 Å². The number of carbonyl (C=O) groups excluding carboxylic acids is 1. The molecule has 1 amide bonds. The van der Waals surface area contributed by atoms with Crippen LogP contribution in [0.1, 0.15) is 0 Å². The van der Waals surface area contributed by atoms with E-state index in [1.807, 2.05) is 0 Å². The summed E-state index contributed by atoms with van der Waals surface area (Å²) < 4.78 is 73.6. The molecule has 0 saturated carbocycles. The van der Waals surface area contributed by atoms with E-state index in [1.54, 1.807) is 0 Å². The zero-order valence-electron chi connectivity index (χ0n) is 5.58. The van der Waals surface area contributed by atoms with Gasteiger partial charge in [-0.05, 0) is 0 Å². The van der Waals surface area contributed by atoms with Crippen molar-refractivity contribution in [1.29, 1.82) is 0 Å². The molecule has 13 heavy (non-hydrogen) atoms. The van der Waals surface area contributed by atoms with E-state index in [-0.39, 0.29) is 0 Å². The van der Waals surface area contributed by atoms with Crippen LogP contribution in [0.5, 0.6) is 0 Å². The van der Waals surface area contributed by atoms with Gasteiger partial charge in [0, 0.05) is 0 Å². The van der Waals surface area contributed by atoms with Crippen LogP contribution in [0.15, 0.2) is 0 Å². The van der Waals surface area contributed by atoms with E-state index in [0.717, 1.165) is 0 Å². The number of ether oxygens (including phenoxy) is 1. The van der Waals surface area contributed by atoms with Crippen LogP contribution in [0.3, 0.4) is 0 Å². The smallest absolute Gasteiger partial charge is 0.404 e. The van der Waals surface area contributed by atoms with Crippen molar-refractivity contribution in [2.24, 2.45) is 0 Å². The molecule has 1 saturated heterocycles. The van der Waals surface area contributed by atoms with Crippen molar-refractivity contribution in [1.82, 2.24) is 5.32 Å². The van der Waals surface area contributed by atoms with Crippen LogP contribution < -0.4 is 5.32 Å². The maximum absolute atomic E-state index is 11.8. The summed E-state index contributed by atoms with van der Waals surface area (Å²) in [6.45, 7) is 0. The van der Waals surface area contributed by atoms with Crippen molar-refractivity contribution < 1.29 is 35.9 Å². The van der Waals surface area contributed by atoms with Crippen molar-refractivity contribution in [2.75, 3.05) is 0 Å². The molecule has 1 N–H and O–H groups in total. The number of hydrogen-bond donors (Lipinski definition) is 1. The number of nitrogens with one attached hydrogen (secondary N) is 1. The van der Waals surface area contributed by atoms with E-state index in [4.69, 9.17) is 0 Å². The van der Waals surface area contributed by atoms with Gasteiger partial charge in [0.25, 0.3) is 0 Å². The highest BCUT2D eigenvalue weighted by atomic mass is 19.4. The minimum atomic E-state index is -5.72. The lowest BCUT2D eigenvalue weighted by molar-refractivity contribution is -0.396. The Kier molecular flexibility index (Phi) is 1.68. The van der Waals surface area contributed by atoms with Gasteiger partial charge in [0.1, 0.15) is 0 Å². The van der Waals surface area contributed by atoms with Gasteiger partial charge in [-0.3, -0.25) is 5.32 Å². The Labute approximate surface area is 66.6 Å². The summed E-state index contributed by atoms with van der Waals surface area (Å²) in [4.78, 5) is 9.87. The van der Waals surface area contributed by atoms with Crippen LogP contribution in [-0.4, -0.2) is 24.2 Å². The predicted molar refractivity (Wildman–Crippen MR) is 24.5 cm³/mol. The number of hydrogen-bond acceptors (Lipinski definition) is 2. The SMILES string of the molecule is O=C1NC(C(F)(F)F)(C(F)(F)F)O1. The molecule has 0 aliphatic carbocycles. The highest BCUT2D eigenvalue weighted by molar-refractivity contribution is 5.74. The maximum atomic E-state index is 11.8. The number of carbonyl (C=O) groups is 1. The second-order valence-corrected chi connectivity index (χ2v) is 2.19. The van der Waals surface area contributed by atoms with Crippen molar-refractivity contribution >= 4 is 6.09 Å². The van der Waals surface area contributed by atoms with Crippen LogP contribution >= 0.6 is 0 Å². The van der Waals surface area contributed by atoms with Crippen molar-refractivity contribution in [3.8, 4) is 0 Å². The van der Waals surface area contributed by atoms with Crippen molar-refractivity contribution in [3.05, 3.63) is 0 Å². The Morgan fingerprint density at radius 3 is 1.46 bits per heavy atom. The topological polar surface area (TPSA) is 38.3 Å². The summed E-state index contributed by atoms with van der Waals surface area (Å²) in [6.07, 6.45) is -13.2. The second kappa shape index (κ2) is 2.20. The lowest BCUT2D eigenvalue weighted by atomic mass is 10.1. The van der Waals surface area contributed by atoms with Crippen LogP contribution in [0.25, 0.3) is 0 Å². The number of cyclic esters (lactones) is 1. The molecule has 0 bridgehead atoms. The highest BCUT2D eigenvalue weighted by Gasteiger charge is 2.80. The molecule has 9 heteroatoms. The first-order chi connectivity index (χ1) is 5.60. The van der Waals surface area contributed by atoms with E-state index < -0.39 is 24.2 Å². The Bertz CT molecular complexity index is 218. The van der Waals surface area contributed by atoms with Gasteiger partial charge in [-0.25, -0.2) is 4.79 Å². The Morgan fingerprint density at radius 1 is 1.08 bits per heavy atom. The lowest BCUT2D eigenvalue weighted by Gasteiger charge is -2.42. The fourth-order valence-corrected chi connectivity index (χ4v) is 0.706. The minimum absolute atomic E-state index is 0.625. The molecule has 0 spiro atoms. The molecule has 1 heterocycles. The molecule has 0 aromatic heterocycles. The predicted octanol–water partition coefficient (Wildman–Crippen LogP) is 1.55. The highest BCUT2D eigenvalue weighted by Crippen LogP contribution is 2.47.